The van der Waals surface area contributed by atoms with Crippen molar-refractivity contribution in [2.24, 2.45) is 34.0 Å². The van der Waals surface area contributed by atoms with Crippen LogP contribution in [0.1, 0.15) is 86.5 Å². The Morgan fingerprint density at radius 2 is 1.90 bits per heavy atom. The Labute approximate surface area is 184 Å². The van der Waals surface area contributed by atoms with E-state index in [9.17, 15) is 5.11 Å². The Hall–Kier alpha value is -0.860. The van der Waals surface area contributed by atoms with Gasteiger partial charge in [0, 0.05) is 6.61 Å². The van der Waals surface area contributed by atoms with Crippen molar-refractivity contribution in [3.05, 3.63) is 34.9 Å². The van der Waals surface area contributed by atoms with Crippen molar-refractivity contribution >= 4 is 0 Å². The third kappa shape index (κ3) is 3.28. The second kappa shape index (κ2) is 7.62. The molecule has 1 N–H and O–H groups in total. The van der Waals surface area contributed by atoms with E-state index < -0.39 is 0 Å². The summed E-state index contributed by atoms with van der Waals surface area (Å²) >= 11 is 0. The van der Waals surface area contributed by atoms with E-state index in [1.54, 1.807) is 16.7 Å². The number of hydrogen-bond donors (Lipinski definition) is 1. The Balaban J connectivity index is 1.59. The molecule has 2 nitrogen and oxygen atoms in total. The highest BCUT2D eigenvalue weighted by atomic mass is 16.5. The molecular weight excluding hydrogens is 368 g/mol. The average molecular weight is 413 g/mol. The first kappa shape index (κ1) is 22.3. The molecule has 0 aromatic heterocycles. The lowest BCUT2D eigenvalue weighted by atomic mass is 9.46. The zero-order chi connectivity index (χ0) is 21.9. The summed E-state index contributed by atoms with van der Waals surface area (Å²) in [4.78, 5) is 0. The molecule has 0 heterocycles. The zero-order valence-corrected chi connectivity index (χ0v) is 20.3. The van der Waals surface area contributed by atoms with Gasteiger partial charge in [0.25, 0.3) is 0 Å². The maximum atomic E-state index is 10.7. The summed E-state index contributed by atoms with van der Waals surface area (Å²) in [6, 6.07) is 0. The van der Waals surface area contributed by atoms with Gasteiger partial charge in [-0.25, -0.2) is 0 Å². The van der Waals surface area contributed by atoms with Crippen molar-refractivity contribution in [1.29, 1.82) is 0 Å². The zero-order valence-electron chi connectivity index (χ0n) is 20.3. The van der Waals surface area contributed by atoms with Gasteiger partial charge in [0.15, 0.2) is 0 Å². The highest BCUT2D eigenvalue weighted by Gasteiger charge is 2.57. The number of ether oxygens (including phenoxy) is 1. The van der Waals surface area contributed by atoms with Crippen LogP contribution in [0.3, 0.4) is 0 Å². The van der Waals surface area contributed by atoms with Gasteiger partial charge in [-0.1, -0.05) is 58.4 Å². The third-order valence-corrected chi connectivity index (χ3v) is 9.84. The molecule has 0 saturated heterocycles. The minimum Gasteiger partial charge on any atom is -0.393 e. The van der Waals surface area contributed by atoms with Gasteiger partial charge < -0.3 is 9.84 Å². The van der Waals surface area contributed by atoms with Gasteiger partial charge in [-0.3, -0.25) is 0 Å². The van der Waals surface area contributed by atoms with E-state index >= 15 is 0 Å². The molecule has 0 aromatic rings. The fraction of sp³-hybridized carbons (Fsp3) is 0.786. The number of allylic oxidation sites excluding steroid dienone is 4. The van der Waals surface area contributed by atoms with E-state index in [1.165, 1.54) is 32.1 Å². The van der Waals surface area contributed by atoms with Gasteiger partial charge in [0.2, 0.25) is 0 Å². The van der Waals surface area contributed by atoms with Crippen LogP contribution in [0.25, 0.3) is 0 Å². The van der Waals surface area contributed by atoms with Crippen LogP contribution in [0.2, 0.25) is 0 Å². The molecule has 30 heavy (non-hydrogen) atoms. The van der Waals surface area contributed by atoms with E-state index in [4.69, 9.17) is 4.74 Å². The standard InChI is InChI=1S/C28H44O2/c1-18(2)16-30-17-19(3)21-9-10-22-20-8-11-24-26(4,5)25(29)13-15-28(24,7)23(20)12-14-27(21,22)6/h10,19,21,24-25,29H,1,8-9,11-17H2,2-7H3/t19-,21-,24-,25+,27-,28-/m1/s1. The van der Waals surface area contributed by atoms with Crippen molar-refractivity contribution in [2.75, 3.05) is 13.2 Å². The molecule has 1 fully saturated rings. The summed E-state index contributed by atoms with van der Waals surface area (Å²) in [6.07, 6.45) is 10.7. The third-order valence-electron chi connectivity index (χ3n) is 9.84. The van der Waals surface area contributed by atoms with Crippen molar-refractivity contribution in [2.45, 2.75) is 92.6 Å². The van der Waals surface area contributed by atoms with E-state index in [0.717, 1.165) is 25.0 Å². The monoisotopic (exact) mass is 412 g/mol. The second-order valence-corrected chi connectivity index (χ2v) is 12.2. The molecule has 4 aliphatic rings. The van der Waals surface area contributed by atoms with E-state index in [2.05, 4.69) is 47.3 Å². The van der Waals surface area contributed by atoms with E-state index in [0.29, 0.717) is 29.8 Å². The Kier molecular flexibility index (Phi) is 5.68. The molecule has 4 aliphatic carbocycles. The molecule has 0 radical (unpaired) electrons. The summed E-state index contributed by atoms with van der Waals surface area (Å²) in [5, 5.41) is 10.7. The topological polar surface area (TPSA) is 29.5 Å². The fourth-order valence-corrected chi connectivity index (χ4v) is 8.11. The van der Waals surface area contributed by atoms with Crippen molar-refractivity contribution in [1.82, 2.24) is 0 Å². The lowest BCUT2D eigenvalue weighted by Gasteiger charge is -2.59. The van der Waals surface area contributed by atoms with Crippen LogP contribution in [0.5, 0.6) is 0 Å². The number of rotatable bonds is 5. The molecule has 1 saturated carbocycles. The molecule has 6 atom stereocenters. The van der Waals surface area contributed by atoms with Gasteiger partial charge in [-0.2, -0.15) is 0 Å². The largest absolute Gasteiger partial charge is 0.393 e. The maximum absolute atomic E-state index is 10.7. The van der Waals surface area contributed by atoms with E-state index in [1.807, 2.05) is 6.92 Å². The predicted molar refractivity (Wildman–Crippen MR) is 125 cm³/mol. The van der Waals surface area contributed by atoms with Crippen LogP contribution in [0.4, 0.5) is 0 Å². The lowest BCUT2D eigenvalue weighted by Crippen LogP contribution is -2.53. The minimum atomic E-state index is -0.151. The highest BCUT2D eigenvalue weighted by Crippen LogP contribution is 2.66. The predicted octanol–water partition coefficient (Wildman–Crippen LogP) is 6.86. The number of hydrogen-bond acceptors (Lipinski definition) is 2. The minimum absolute atomic E-state index is 0.0218. The number of fused-ring (bicyclic) bond motifs is 4. The normalized spacial score (nSPS) is 40.9. The van der Waals surface area contributed by atoms with Crippen LogP contribution in [0.15, 0.2) is 34.9 Å². The molecular formula is C28H44O2. The quantitative estimate of drug-likeness (QED) is 0.500. The molecule has 2 heteroatoms. The highest BCUT2D eigenvalue weighted by molar-refractivity contribution is 5.49. The first-order valence-corrected chi connectivity index (χ1v) is 12.4. The van der Waals surface area contributed by atoms with Crippen molar-refractivity contribution in [3.63, 3.8) is 0 Å². The Morgan fingerprint density at radius 3 is 2.60 bits per heavy atom. The van der Waals surface area contributed by atoms with Gasteiger partial charge in [-0.05, 0) is 97.0 Å². The fourth-order valence-electron chi connectivity index (χ4n) is 8.11. The Morgan fingerprint density at radius 1 is 1.17 bits per heavy atom. The molecule has 0 aliphatic heterocycles. The smallest absolute Gasteiger partial charge is 0.0671 e. The SMILES string of the molecule is C=C(C)COC[C@@H](C)[C@H]1CC=C2C3=C(CC[C@@]21C)[C@@]1(C)CC[C@H](O)C(C)(C)[C@H]1CC3. The summed E-state index contributed by atoms with van der Waals surface area (Å²) in [7, 11) is 0. The van der Waals surface area contributed by atoms with Gasteiger partial charge >= 0.3 is 0 Å². The molecule has 4 rings (SSSR count). The van der Waals surface area contributed by atoms with Gasteiger partial charge in [-0.15, -0.1) is 0 Å². The molecule has 0 unspecified atom stereocenters. The van der Waals surface area contributed by atoms with Crippen LogP contribution < -0.4 is 0 Å². The molecule has 0 spiro atoms. The van der Waals surface area contributed by atoms with Crippen LogP contribution in [-0.4, -0.2) is 24.4 Å². The number of aliphatic hydroxyl groups is 1. The van der Waals surface area contributed by atoms with Crippen LogP contribution in [-0.2, 0) is 4.74 Å². The molecule has 0 aromatic carbocycles. The van der Waals surface area contributed by atoms with Crippen molar-refractivity contribution in [3.8, 4) is 0 Å². The first-order valence-electron chi connectivity index (χ1n) is 12.4. The summed E-state index contributed by atoms with van der Waals surface area (Å²) in [5.74, 6) is 1.85. The summed E-state index contributed by atoms with van der Waals surface area (Å²) in [5.41, 5.74) is 6.86. The lowest BCUT2D eigenvalue weighted by molar-refractivity contribution is -0.0906. The van der Waals surface area contributed by atoms with Gasteiger partial charge in [0.05, 0.1) is 12.7 Å². The van der Waals surface area contributed by atoms with Crippen molar-refractivity contribution < 1.29 is 9.84 Å². The van der Waals surface area contributed by atoms with Crippen LogP contribution >= 0.6 is 0 Å². The van der Waals surface area contributed by atoms with E-state index in [-0.39, 0.29) is 16.9 Å². The van der Waals surface area contributed by atoms with Crippen LogP contribution in [0, 0.1) is 34.0 Å². The molecule has 0 bridgehead atoms. The molecule has 0 amide bonds. The number of aliphatic hydroxyl groups excluding tert-OH is 1. The Bertz CT molecular complexity index is 772. The van der Waals surface area contributed by atoms with Gasteiger partial charge in [0.1, 0.15) is 0 Å². The second-order valence-electron chi connectivity index (χ2n) is 12.2. The first-order chi connectivity index (χ1) is 14.0. The summed E-state index contributed by atoms with van der Waals surface area (Å²) in [6.45, 7) is 19.6. The average Bonchev–Trinajstić information content (AvgIpc) is 3.02. The molecule has 168 valence electrons. The summed E-state index contributed by atoms with van der Waals surface area (Å²) < 4.78 is 5.96. The maximum Gasteiger partial charge on any atom is 0.0671 e.